The standard InChI is InChI=1S/C10H14N4O/c1-3-4-10-11-5-6-14(10)7-9-8(2)12-15-13-9/h5-6H,3-4,7H2,1-2H3. The molecule has 15 heavy (non-hydrogen) atoms. The van der Waals surface area contributed by atoms with E-state index in [0.717, 1.165) is 30.1 Å². The Hall–Kier alpha value is -1.65. The lowest BCUT2D eigenvalue weighted by atomic mass is 10.3. The second kappa shape index (κ2) is 4.25. The van der Waals surface area contributed by atoms with Gasteiger partial charge in [0.25, 0.3) is 0 Å². The third-order valence-corrected chi connectivity index (χ3v) is 2.34. The molecular weight excluding hydrogens is 192 g/mol. The van der Waals surface area contributed by atoms with E-state index in [4.69, 9.17) is 0 Å². The molecule has 0 saturated carbocycles. The highest BCUT2D eigenvalue weighted by molar-refractivity contribution is 5.07. The van der Waals surface area contributed by atoms with Gasteiger partial charge < -0.3 is 4.57 Å². The van der Waals surface area contributed by atoms with Crippen molar-refractivity contribution in [1.82, 2.24) is 19.9 Å². The maximum Gasteiger partial charge on any atom is 0.127 e. The molecule has 5 heteroatoms. The van der Waals surface area contributed by atoms with Gasteiger partial charge in [-0.1, -0.05) is 17.2 Å². The summed E-state index contributed by atoms with van der Waals surface area (Å²) in [5.74, 6) is 1.08. The van der Waals surface area contributed by atoms with Crippen LogP contribution in [0.2, 0.25) is 0 Å². The molecule has 2 aromatic rings. The van der Waals surface area contributed by atoms with Crippen molar-refractivity contribution < 1.29 is 4.63 Å². The summed E-state index contributed by atoms with van der Waals surface area (Å²) in [6.07, 6.45) is 5.84. The monoisotopic (exact) mass is 206 g/mol. The molecule has 0 fully saturated rings. The Kier molecular flexibility index (Phi) is 2.80. The van der Waals surface area contributed by atoms with E-state index in [1.54, 1.807) is 0 Å². The average molecular weight is 206 g/mol. The molecule has 0 bridgehead atoms. The molecule has 0 saturated heterocycles. The highest BCUT2D eigenvalue weighted by Gasteiger charge is 2.08. The van der Waals surface area contributed by atoms with Crippen LogP contribution in [0.5, 0.6) is 0 Å². The summed E-state index contributed by atoms with van der Waals surface area (Å²) in [5.41, 5.74) is 1.71. The van der Waals surface area contributed by atoms with Crippen LogP contribution in [0.1, 0.15) is 30.6 Å². The SMILES string of the molecule is CCCc1nccn1Cc1nonc1C. The average Bonchev–Trinajstić information content (AvgIpc) is 2.80. The van der Waals surface area contributed by atoms with Gasteiger partial charge >= 0.3 is 0 Å². The second-order valence-corrected chi connectivity index (χ2v) is 3.52. The minimum absolute atomic E-state index is 0.685. The summed E-state index contributed by atoms with van der Waals surface area (Å²) in [5, 5.41) is 7.61. The molecule has 2 heterocycles. The van der Waals surface area contributed by atoms with E-state index in [-0.39, 0.29) is 0 Å². The van der Waals surface area contributed by atoms with Gasteiger partial charge in [-0.05, 0) is 13.3 Å². The van der Waals surface area contributed by atoms with Crippen molar-refractivity contribution in [3.8, 4) is 0 Å². The molecule has 2 aromatic heterocycles. The molecule has 5 nitrogen and oxygen atoms in total. The van der Waals surface area contributed by atoms with E-state index in [1.165, 1.54) is 0 Å². The molecular formula is C10H14N4O. The van der Waals surface area contributed by atoms with Crippen LogP contribution in [-0.4, -0.2) is 19.9 Å². The Bertz CT molecular complexity index is 432. The van der Waals surface area contributed by atoms with Gasteiger partial charge in [-0.2, -0.15) is 0 Å². The second-order valence-electron chi connectivity index (χ2n) is 3.52. The zero-order valence-electron chi connectivity index (χ0n) is 8.97. The van der Waals surface area contributed by atoms with Crippen molar-refractivity contribution in [2.24, 2.45) is 0 Å². The molecule has 0 amide bonds. The molecule has 0 aliphatic heterocycles. The van der Waals surface area contributed by atoms with Gasteiger partial charge in [-0.25, -0.2) is 9.61 Å². The predicted molar refractivity (Wildman–Crippen MR) is 54.4 cm³/mol. The normalized spacial score (nSPS) is 10.8. The molecule has 0 unspecified atom stereocenters. The van der Waals surface area contributed by atoms with Crippen LogP contribution in [0.4, 0.5) is 0 Å². The van der Waals surface area contributed by atoms with Gasteiger partial charge in [0, 0.05) is 18.8 Å². The minimum atomic E-state index is 0.685. The van der Waals surface area contributed by atoms with E-state index in [0.29, 0.717) is 6.54 Å². The fourth-order valence-corrected chi connectivity index (χ4v) is 1.49. The van der Waals surface area contributed by atoms with Crippen LogP contribution in [0.15, 0.2) is 17.0 Å². The van der Waals surface area contributed by atoms with Gasteiger partial charge in [-0.15, -0.1) is 0 Å². The number of hydrogen-bond acceptors (Lipinski definition) is 4. The number of rotatable bonds is 4. The fraction of sp³-hybridized carbons (Fsp3) is 0.500. The smallest absolute Gasteiger partial charge is 0.127 e. The molecule has 80 valence electrons. The zero-order valence-corrected chi connectivity index (χ0v) is 8.97. The first-order valence-corrected chi connectivity index (χ1v) is 5.09. The summed E-state index contributed by atoms with van der Waals surface area (Å²) in [7, 11) is 0. The Labute approximate surface area is 88.1 Å². The van der Waals surface area contributed by atoms with Crippen LogP contribution < -0.4 is 0 Å². The van der Waals surface area contributed by atoms with Crippen LogP contribution in [0, 0.1) is 6.92 Å². The highest BCUT2D eigenvalue weighted by atomic mass is 16.6. The summed E-state index contributed by atoms with van der Waals surface area (Å²) < 4.78 is 6.74. The van der Waals surface area contributed by atoms with Crippen LogP contribution in [0.3, 0.4) is 0 Å². The first-order chi connectivity index (χ1) is 7.31. The van der Waals surface area contributed by atoms with E-state index < -0.39 is 0 Å². The van der Waals surface area contributed by atoms with Crippen molar-refractivity contribution in [3.63, 3.8) is 0 Å². The Balaban J connectivity index is 2.17. The lowest BCUT2D eigenvalue weighted by molar-refractivity contribution is 0.300. The Morgan fingerprint density at radius 3 is 2.93 bits per heavy atom. The molecule has 0 aliphatic rings. The number of aryl methyl sites for hydroxylation is 2. The number of hydrogen-bond donors (Lipinski definition) is 0. The van der Waals surface area contributed by atoms with E-state index in [9.17, 15) is 0 Å². The fourth-order valence-electron chi connectivity index (χ4n) is 1.49. The number of aromatic nitrogens is 4. The van der Waals surface area contributed by atoms with Gasteiger partial charge in [0.1, 0.15) is 17.2 Å². The van der Waals surface area contributed by atoms with Gasteiger partial charge in [-0.3, -0.25) is 0 Å². The Morgan fingerprint density at radius 1 is 1.40 bits per heavy atom. The highest BCUT2D eigenvalue weighted by Crippen LogP contribution is 2.07. The third-order valence-electron chi connectivity index (χ3n) is 2.34. The lowest BCUT2D eigenvalue weighted by Crippen LogP contribution is -2.05. The maximum absolute atomic E-state index is 4.66. The van der Waals surface area contributed by atoms with E-state index in [2.05, 4.69) is 31.4 Å². The summed E-state index contributed by atoms with van der Waals surface area (Å²) in [6.45, 7) is 4.72. The first-order valence-electron chi connectivity index (χ1n) is 5.09. The summed E-state index contributed by atoms with van der Waals surface area (Å²) >= 11 is 0. The van der Waals surface area contributed by atoms with Gasteiger partial charge in [0.2, 0.25) is 0 Å². The van der Waals surface area contributed by atoms with E-state index >= 15 is 0 Å². The lowest BCUT2D eigenvalue weighted by Gasteiger charge is -2.04. The molecule has 0 aliphatic carbocycles. The number of imidazole rings is 1. The Morgan fingerprint density at radius 2 is 2.27 bits per heavy atom. The van der Waals surface area contributed by atoms with Crippen molar-refractivity contribution in [1.29, 1.82) is 0 Å². The largest absolute Gasteiger partial charge is 0.329 e. The maximum atomic E-state index is 4.66. The van der Waals surface area contributed by atoms with Crippen LogP contribution in [-0.2, 0) is 13.0 Å². The summed E-state index contributed by atoms with van der Waals surface area (Å²) in [6, 6.07) is 0. The van der Waals surface area contributed by atoms with Crippen molar-refractivity contribution in [2.45, 2.75) is 33.2 Å². The summed E-state index contributed by atoms with van der Waals surface area (Å²) in [4.78, 5) is 4.30. The van der Waals surface area contributed by atoms with Crippen molar-refractivity contribution >= 4 is 0 Å². The molecule has 0 N–H and O–H groups in total. The molecule has 0 atom stereocenters. The zero-order chi connectivity index (χ0) is 10.7. The number of nitrogens with zero attached hydrogens (tertiary/aromatic N) is 4. The first kappa shape index (κ1) is 9.89. The van der Waals surface area contributed by atoms with Gasteiger partial charge in [0.05, 0.1) is 6.54 Å². The van der Waals surface area contributed by atoms with Crippen LogP contribution in [0.25, 0.3) is 0 Å². The molecule has 2 rings (SSSR count). The van der Waals surface area contributed by atoms with Crippen LogP contribution >= 0.6 is 0 Å². The topological polar surface area (TPSA) is 56.7 Å². The molecule has 0 radical (unpaired) electrons. The predicted octanol–water partition coefficient (Wildman–Crippen LogP) is 1.58. The van der Waals surface area contributed by atoms with Crippen molar-refractivity contribution in [3.05, 3.63) is 29.6 Å². The van der Waals surface area contributed by atoms with Gasteiger partial charge in [0.15, 0.2) is 0 Å². The third kappa shape index (κ3) is 2.06. The quantitative estimate of drug-likeness (QED) is 0.762. The molecule has 0 aromatic carbocycles. The van der Waals surface area contributed by atoms with Crippen molar-refractivity contribution in [2.75, 3.05) is 0 Å². The minimum Gasteiger partial charge on any atom is -0.329 e. The van der Waals surface area contributed by atoms with E-state index in [1.807, 2.05) is 19.3 Å². The molecule has 0 spiro atoms.